The van der Waals surface area contributed by atoms with Gasteiger partial charge in [0, 0.05) is 11.1 Å². The van der Waals surface area contributed by atoms with Crippen molar-refractivity contribution in [3.05, 3.63) is 65.2 Å². The minimum absolute atomic E-state index is 0.241. The molecule has 0 N–H and O–H groups in total. The Morgan fingerprint density at radius 2 is 1.52 bits per heavy atom. The summed E-state index contributed by atoms with van der Waals surface area (Å²) in [6, 6.07) is 15.4. The summed E-state index contributed by atoms with van der Waals surface area (Å²) in [4.78, 5) is 11.2. The summed E-state index contributed by atoms with van der Waals surface area (Å²) in [7, 11) is 1.39. The predicted octanol–water partition coefficient (Wildman–Crippen LogP) is 3.59. The van der Waals surface area contributed by atoms with Crippen LogP contribution < -0.4 is 4.74 Å². The van der Waals surface area contributed by atoms with Gasteiger partial charge in [-0.05, 0) is 48.4 Å². The van der Waals surface area contributed by atoms with E-state index in [-0.39, 0.29) is 12.4 Å². The third-order valence-corrected chi connectivity index (χ3v) is 3.21. The highest BCUT2D eigenvalue weighted by molar-refractivity contribution is 5.72. The molecule has 0 aliphatic carbocycles. The third kappa shape index (κ3) is 5.52. The second-order valence-electron chi connectivity index (χ2n) is 5.07. The van der Waals surface area contributed by atoms with Gasteiger partial charge in [-0.15, -0.1) is 0 Å². The first-order valence-electron chi connectivity index (χ1n) is 7.62. The Labute approximate surface area is 137 Å². The summed E-state index contributed by atoms with van der Waals surface area (Å²) in [5.41, 5.74) is 2.76. The maximum atomic E-state index is 11.2. The van der Waals surface area contributed by atoms with Crippen LogP contribution in [-0.4, -0.2) is 19.7 Å². The standard InChI is InChI=1S/C20H20O3/c1-3-14-23-19-12-10-17(11-13-19)5-4-16-6-8-18(9-7-16)15-20(21)22-2/h6-13H,3,14-15H2,1-2H3. The molecule has 3 heteroatoms. The van der Waals surface area contributed by atoms with Crippen LogP contribution in [0.1, 0.15) is 30.0 Å². The molecule has 0 fully saturated rings. The molecule has 0 amide bonds. The summed E-state index contributed by atoms with van der Waals surface area (Å²) in [5.74, 6) is 6.85. The van der Waals surface area contributed by atoms with Crippen LogP contribution in [-0.2, 0) is 16.0 Å². The Morgan fingerprint density at radius 1 is 0.957 bits per heavy atom. The van der Waals surface area contributed by atoms with Crippen LogP contribution in [0.3, 0.4) is 0 Å². The van der Waals surface area contributed by atoms with Gasteiger partial charge >= 0.3 is 5.97 Å². The Morgan fingerprint density at radius 3 is 2.04 bits per heavy atom. The summed E-state index contributed by atoms with van der Waals surface area (Å²) in [6.07, 6.45) is 1.27. The quantitative estimate of drug-likeness (QED) is 0.625. The van der Waals surface area contributed by atoms with E-state index in [4.69, 9.17) is 4.74 Å². The minimum Gasteiger partial charge on any atom is -0.494 e. The monoisotopic (exact) mass is 308 g/mol. The van der Waals surface area contributed by atoms with E-state index in [2.05, 4.69) is 23.5 Å². The number of benzene rings is 2. The molecule has 0 spiro atoms. The molecule has 0 saturated carbocycles. The van der Waals surface area contributed by atoms with Gasteiger partial charge in [0.25, 0.3) is 0 Å². The number of methoxy groups -OCH3 is 1. The lowest BCUT2D eigenvalue weighted by molar-refractivity contribution is -0.139. The molecular formula is C20H20O3. The van der Waals surface area contributed by atoms with E-state index in [0.29, 0.717) is 0 Å². The maximum Gasteiger partial charge on any atom is 0.309 e. The molecule has 2 aromatic rings. The zero-order chi connectivity index (χ0) is 16.5. The average Bonchev–Trinajstić information content (AvgIpc) is 2.60. The van der Waals surface area contributed by atoms with Crippen LogP contribution in [0.25, 0.3) is 0 Å². The second-order valence-corrected chi connectivity index (χ2v) is 5.07. The largest absolute Gasteiger partial charge is 0.494 e. The van der Waals surface area contributed by atoms with Crippen molar-refractivity contribution in [1.82, 2.24) is 0 Å². The Bertz CT molecular complexity index is 688. The molecule has 0 aliphatic rings. The molecule has 3 nitrogen and oxygen atoms in total. The first-order valence-corrected chi connectivity index (χ1v) is 7.62. The van der Waals surface area contributed by atoms with Crippen molar-refractivity contribution >= 4 is 5.97 Å². The van der Waals surface area contributed by atoms with Crippen LogP contribution in [0.2, 0.25) is 0 Å². The fraction of sp³-hybridized carbons (Fsp3) is 0.250. The molecule has 118 valence electrons. The van der Waals surface area contributed by atoms with E-state index in [1.54, 1.807) is 0 Å². The van der Waals surface area contributed by atoms with Gasteiger partial charge in [-0.25, -0.2) is 0 Å². The van der Waals surface area contributed by atoms with Gasteiger partial charge in [-0.3, -0.25) is 4.79 Å². The number of rotatable bonds is 5. The summed E-state index contributed by atoms with van der Waals surface area (Å²) >= 11 is 0. The fourth-order valence-electron chi connectivity index (χ4n) is 1.94. The van der Waals surface area contributed by atoms with Crippen LogP contribution >= 0.6 is 0 Å². The molecule has 0 aromatic heterocycles. The number of carbonyl (C=O) groups is 1. The van der Waals surface area contributed by atoms with Crippen LogP contribution in [0.4, 0.5) is 0 Å². The van der Waals surface area contributed by atoms with Crippen molar-refractivity contribution in [2.75, 3.05) is 13.7 Å². The van der Waals surface area contributed by atoms with E-state index in [0.717, 1.165) is 35.5 Å². The van der Waals surface area contributed by atoms with E-state index in [9.17, 15) is 4.79 Å². The summed E-state index contributed by atoms with van der Waals surface area (Å²) in [6.45, 7) is 2.80. The Hall–Kier alpha value is -2.73. The van der Waals surface area contributed by atoms with Gasteiger partial charge in [-0.1, -0.05) is 30.9 Å². The van der Waals surface area contributed by atoms with Crippen molar-refractivity contribution in [3.63, 3.8) is 0 Å². The topological polar surface area (TPSA) is 35.5 Å². The molecule has 0 heterocycles. The third-order valence-electron chi connectivity index (χ3n) is 3.21. The summed E-state index contributed by atoms with van der Waals surface area (Å²) < 4.78 is 10.2. The van der Waals surface area contributed by atoms with E-state index in [1.807, 2.05) is 48.5 Å². The number of esters is 1. The zero-order valence-corrected chi connectivity index (χ0v) is 13.5. The summed E-state index contributed by atoms with van der Waals surface area (Å²) in [5, 5.41) is 0. The number of ether oxygens (including phenoxy) is 2. The van der Waals surface area contributed by atoms with Crippen molar-refractivity contribution in [3.8, 4) is 17.6 Å². The first-order chi connectivity index (χ1) is 11.2. The molecule has 0 saturated heterocycles. The van der Waals surface area contributed by atoms with Crippen LogP contribution in [0.15, 0.2) is 48.5 Å². The van der Waals surface area contributed by atoms with Gasteiger partial charge in [-0.2, -0.15) is 0 Å². The highest BCUT2D eigenvalue weighted by Crippen LogP contribution is 2.12. The lowest BCUT2D eigenvalue weighted by Crippen LogP contribution is -2.04. The number of carbonyl (C=O) groups excluding carboxylic acids is 1. The molecule has 0 bridgehead atoms. The van der Waals surface area contributed by atoms with Gasteiger partial charge in [0.2, 0.25) is 0 Å². The van der Waals surface area contributed by atoms with Gasteiger partial charge < -0.3 is 9.47 Å². The second kappa shape index (κ2) is 8.65. The lowest BCUT2D eigenvalue weighted by Gasteiger charge is -2.03. The molecular weight excluding hydrogens is 288 g/mol. The van der Waals surface area contributed by atoms with E-state index >= 15 is 0 Å². The molecule has 0 radical (unpaired) electrons. The van der Waals surface area contributed by atoms with Crippen molar-refractivity contribution in [1.29, 1.82) is 0 Å². The van der Waals surface area contributed by atoms with Gasteiger partial charge in [0.1, 0.15) is 5.75 Å². The van der Waals surface area contributed by atoms with Crippen LogP contribution in [0, 0.1) is 11.8 Å². The molecule has 0 atom stereocenters. The predicted molar refractivity (Wildman–Crippen MR) is 90.4 cm³/mol. The highest BCUT2D eigenvalue weighted by atomic mass is 16.5. The molecule has 23 heavy (non-hydrogen) atoms. The average molecular weight is 308 g/mol. The highest BCUT2D eigenvalue weighted by Gasteiger charge is 2.01. The van der Waals surface area contributed by atoms with Crippen molar-refractivity contribution < 1.29 is 14.3 Å². The Kier molecular flexibility index (Phi) is 6.26. The van der Waals surface area contributed by atoms with Crippen molar-refractivity contribution in [2.24, 2.45) is 0 Å². The van der Waals surface area contributed by atoms with Gasteiger partial charge in [0.15, 0.2) is 0 Å². The number of hydrogen-bond acceptors (Lipinski definition) is 3. The van der Waals surface area contributed by atoms with Crippen molar-refractivity contribution in [2.45, 2.75) is 19.8 Å². The minimum atomic E-state index is -0.241. The SMILES string of the molecule is CCCOc1ccc(C#Cc2ccc(CC(=O)OC)cc2)cc1. The maximum absolute atomic E-state index is 11.2. The normalized spacial score (nSPS) is 9.65. The fourth-order valence-corrected chi connectivity index (χ4v) is 1.94. The van der Waals surface area contributed by atoms with Gasteiger partial charge in [0.05, 0.1) is 20.1 Å². The molecule has 0 aliphatic heterocycles. The smallest absolute Gasteiger partial charge is 0.309 e. The Balaban J connectivity index is 1.99. The molecule has 2 rings (SSSR count). The lowest BCUT2D eigenvalue weighted by atomic mass is 10.1. The first kappa shape index (κ1) is 16.6. The van der Waals surface area contributed by atoms with Crippen LogP contribution in [0.5, 0.6) is 5.75 Å². The zero-order valence-electron chi connectivity index (χ0n) is 13.5. The van der Waals surface area contributed by atoms with E-state index < -0.39 is 0 Å². The number of hydrogen-bond donors (Lipinski definition) is 0. The molecule has 0 unspecified atom stereocenters. The van der Waals surface area contributed by atoms with E-state index in [1.165, 1.54) is 7.11 Å². The molecule has 2 aromatic carbocycles.